The molecule has 0 radical (unpaired) electrons. The summed E-state index contributed by atoms with van der Waals surface area (Å²) in [5, 5.41) is 0. The van der Waals surface area contributed by atoms with Crippen molar-refractivity contribution in [1.29, 1.82) is 0 Å². The first-order valence-electron chi connectivity index (χ1n) is 9.07. The van der Waals surface area contributed by atoms with E-state index in [1.165, 1.54) is 18.9 Å². The van der Waals surface area contributed by atoms with E-state index in [1.54, 1.807) is 18.5 Å². The molecule has 1 aromatic carbocycles. The first-order chi connectivity index (χ1) is 12.3. The number of hydrogen-bond acceptors (Lipinski definition) is 5. The molecule has 0 saturated carbocycles. The van der Waals surface area contributed by atoms with Gasteiger partial charge in [0.2, 0.25) is 0 Å². The summed E-state index contributed by atoms with van der Waals surface area (Å²) < 4.78 is 13.3. The molecule has 5 nitrogen and oxygen atoms in total. The molecule has 2 saturated heterocycles. The molecule has 0 N–H and O–H groups in total. The van der Waals surface area contributed by atoms with Crippen molar-refractivity contribution in [3.05, 3.63) is 48.0 Å². The van der Waals surface area contributed by atoms with Crippen LogP contribution in [0.3, 0.4) is 0 Å². The molecule has 25 heavy (non-hydrogen) atoms. The van der Waals surface area contributed by atoms with Gasteiger partial charge < -0.3 is 9.80 Å². The Balaban J connectivity index is 1.36. The highest BCUT2D eigenvalue weighted by Crippen LogP contribution is 2.22. The number of halogens is 1. The standard InChI is InChI=1S/C19H24FN5/c20-17-5-3-4-16(12-17)14-23-8-10-25(11-9-23)19-13-18(21-15-22-19)24-6-1-2-7-24/h3-5,12-13,15H,1-2,6-11,14H2. The molecular formula is C19H24FN5. The summed E-state index contributed by atoms with van der Waals surface area (Å²) in [5.74, 6) is 1.90. The van der Waals surface area contributed by atoms with Crippen LogP contribution in [-0.4, -0.2) is 54.1 Å². The van der Waals surface area contributed by atoms with Gasteiger partial charge in [-0.2, -0.15) is 0 Å². The number of rotatable bonds is 4. The van der Waals surface area contributed by atoms with E-state index in [9.17, 15) is 4.39 Å². The summed E-state index contributed by atoms with van der Waals surface area (Å²) in [6, 6.07) is 9.01. The lowest BCUT2D eigenvalue weighted by Gasteiger charge is -2.35. The zero-order valence-corrected chi connectivity index (χ0v) is 14.4. The fourth-order valence-corrected chi connectivity index (χ4v) is 3.66. The van der Waals surface area contributed by atoms with E-state index in [0.29, 0.717) is 0 Å². The minimum atomic E-state index is -0.161. The van der Waals surface area contributed by atoms with Crippen molar-refractivity contribution >= 4 is 11.6 Å². The largest absolute Gasteiger partial charge is 0.356 e. The third-order valence-corrected chi connectivity index (χ3v) is 5.06. The molecule has 0 aliphatic carbocycles. The maximum atomic E-state index is 13.3. The quantitative estimate of drug-likeness (QED) is 0.854. The first kappa shape index (κ1) is 16.3. The SMILES string of the molecule is Fc1cccc(CN2CCN(c3cc(N4CCCC4)ncn3)CC2)c1. The molecule has 4 rings (SSSR count). The van der Waals surface area contributed by atoms with Gasteiger partial charge in [0.1, 0.15) is 23.8 Å². The van der Waals surface area contributed by atoms with Gasteiger partial charge in [0.15, 0.2) is 0 Å². The third kappa shape index (κ3) is 3.90. The Morgan fingerprint density at radius 3 is 2.20 bits per heavy atom. The highest BCUT2D eigenvalue weighted by atomic mass is 19.1. The van der Waals surface area contributed by atoms with Gasteiger partial charge in [0.05, 0.1) is 0 Å². The van der Waals surface area contributed by atoms with E-state index >= 15 is 0 Å². The Bertz CT molecular complexity index is 708. The normalized spacial score (nSPS) is 18.8. The van der Waals surface area contributed by atoms with Crippen molar-refractivity contribution in [2.45, 2.75) is 19.4 Å². The van der Waals surface area contributed by atoms with Crippen LogP contribution in [0.2, 0.25) is 0 Å². The Hall–Kier alpha value is -2.21. The van der Waals surface area contributed by atoms with Crippen LogP contribution in [0, 0.1) is 5.82 Å². The highest BCUT2D eigenvalue weighted by molar-refractivity contribution is 5.50. The van der Waals surface area contributed by atoms with E-state index in [4.69, 9.17) is 0 Å². The zero-order valence-electron chi connectivity index (χ0n) is 14.4. The Morgan fingerprint density at radius 1 is 0.840 bits per heavy atom. The van der Waals surface area contributed by atoms with Crippen LogP contribution in [0.15, 0.2) is 36.7 Å². The van der Waals surface area contributed by atoms with E-state index in [1.807, 2.05) is 6.07 Å². The van der Waals surface area contributed by atoms with Gasteiger partial charge >= 0.3 is 0 Å². The summed E-state index contributed by atoms with van der Waals surface area (Å²) in [6.45, 7) is 6.78. The molecule has 2 aliphatic heterocycles. The first-order valence-corrected chi connectivity index (χ1v) is 9.07. The minimum Gasteiger partial charge on any atom is -0.356 e. The number of benzene rings is 1. The van der Waals surface area contributed by atoms with E-state index in [-0.39, 0.29) is 5.82 Å². The molecule has 132 valence electrons. The molecule has 1 aromatic heterocycles. The van der Waals surface area contributed by atoms with Crippen LogP contribution in [0.4, 0.5) is 16.0 Å². The molecular weight excluding hydrogens is 317 g/mol. The second-order valence-corrected chi connectivity index (χ2v) is 6.82. The van der Waals surface area contributed by atoms with Crippen molar-refractivity contribution in [1.82, 2.24) is 14.9 Å². The minimum absolute atomic E-state index is 0.161. The molecule has 2 aliphatic rings. The molecule has 0 unspecified atom stereocenters. The van der Waals surface area contributed by atoms with E-state index < -0.39 is 0 Å². The Kier molecular flexibility index (Phi) is 4.78. The molecule has 6 heteroatoms. The topological polar surface area (TPSA) is 35.5 Å². The second kappa shape index (κ2) is 7.35. The van der Waals surface area contributed by atoms with Crippen molar-refractivity contribution in [3.8, 4) is 0 Å². The van der Waals surface area contributed by atoms with Crippen LogP contribution < -0.4 is 9.80 Å². The number of hydrogen-bond donors (Lipinski definition) is 0. The predicted molar refractivity (Wildman–Crippen MR) is 97.4 cm³/mol. The fraction of sp³-hybridized carbons (Fsp3) is 0.474. The van der Waals surface area contributed by atoms with Crippen molar-refractivity contribution in [2.75, 3.05) is 49.1 Å². The summed E-state index contributed by atoms with van der Waals surface area (Å²) in [6.07, 6.45) is 4.18. The van der Waals surface area contributed by atoms with Crippen LogP contribution in [0.5, 0.6) is 0 Å². The zero-order chi connectivity index (χ0) is 17.1. The molecule has 2 fully saturated rings. The van der Waals surface area contributed by atoms with Crippen molar-refractivity contribution < 1.29 is 4.39 Å². The lowest BCUT2D eigenvalue weighted by molar-refractivity contribution is 0.249. The smallest absolute Gasteiger partial charge is 0.134 e. The molecule has 0 bridgehead atoms. The molecule has 2 aromatic rings. The monoisotopic (exact) mass is 341 g/mol. The number of aromatic nitrogens is 2. The van der Waals surface area contributed by atoms with Crippen LogP contribution in [0.1, 0.15) is 18.4 Å². The van der Waals surface area contributed by atoms with E-state index in [0.717, 1.165) is 63.0 Å². The third-order valence-electron chi connectivity index (χ3n) is 5.06. The lowest BCUT2D eigenvalue weighted by atomic mass is 10.2. The van der Waals surface area contributed by atoms with Gasteiger partial charge in [-0.3, -0.25) is 4.90 Å². The van der Waals surface area contributed by atoms with Gasteiger partial charge in [-0.15, -0.1) is 0 Å². The maximum Gasteiger partial charge on any atom is 0.134 e. The van der Waals surface area contributed by atoms with Gasteiger partial charge in [0, 0.05) is 51.9 Å². The highest BCUT2D eigenvalue weighted by Gasteiger charge is 2.20. The van der Waals surface area contributed by atoms with Crippen molar-refractivity contribution in [3.63, 3.8) is 0 Å². The number of piperazine rings is 1. The van der Waals surface area contributed by atoms with Gasteiger partial charge in [-0.1, -0.05) is 12.1 Å². The van der Waals surface area contributed by atoms with Gasteiger partial charge in [0.25, 0.3) is 0 Å². The summed E-state index contributed by atoms with van der Waals surface area (Å²) in [4.78, 5) is 15.9. The van der Waals surface area contributed by atoms with Crippen LogP contribution in [0.25, 0.3) is 0 Å². The predicted octanol–water partition coefficient (Wildman–Crippen LogP) is 2.54. The fourth-order valence-electron chi connectivity index (χ4n) is 3.66. The summed E-state index contributed by atoms with van der Waals surface area (Å²) in [7, 11) is 0. The van der Waals surface area contributed by atoms with Gasteiger partial charge in [-0.05, 0) is 30.5 Å². The molecule has 3 heterocycles. The molecule has 0 atom stereocenters. The summed E-state index contributed by atoms with van der Waals surface area (Å²) >= 11 is 0. The Morgan fingerprint density at radius 2 is 1.52 bits per heavy atom. The lowest BCUT2D eigenvalue weighted by Crippen LogP contribution is -2.46. The van der Waals surface area contributed by atoms with Crippen LogP contribution in [-0.2, 0) is 6.54 Å². The maximum absolute atomic E-state index is 13.3. The van der Waals surface area contributed by atoms with Crippen LogP contribution >= 0.6 is 0 Å². The second-order valence-electron chi connectivity index (χ2n) is 6.82. The van der Waals surface area contributed by atoms with E-state index in [2.05, 4.69) is 30.7 Å². The van der Waals surface area contributed by atoms with Gasteiger partial charge in [-0.25, -0.2) is 14.4 Å². The Labute approximate surface area is 148 Å². The van der Waals surface area contributed by atoms with Crippen molar-refractivity contribution in [2.24, 2.45) is 0 Å². The molecule has 0 amide bonds. The summed E-state index contributed by atoms with van der Waals surface area (Å²) in [5.41, 5.74) is 1.03. The average Bonchev–Trinajstić information content (AvgIpc) is 3.17. The number of anilines is 2. The average molecular weight is 341 g/mol. The number of nitrogens with zero attached hydrogens (tertiary/aromatic N) is 5. The molecule has 0 spiro atoms.